The first-order chi connectivity index (χ1) is 11.6. The molecule has 3 rings (SSSR count). The van der Waals surface area contributed by atoms with Gasteiger partial charge < -0.3 is 18.8 Å². The number of aromatic amines is 1. The number of hydrogen-bond acceptors (Lipinski definition) is 5. The van der Waals surface area contributed by atoms with E-state index in [0.29, 0.717) is 28.5 Å². The topological polar surface area (TPSA) is 65.5 Å². The summed E-state index contributed by atoms with van der Waals surface area (Å²) in [4.78, 5) is 14.6. The normalized spacial score (nSPS) is 17.0. The maximum absolute atomic E-state index is 12.0. The molecule has 0 unspecified atom stereocenters. The summed E-state index contributed by atoms with van der Waals surface area (Å²) in [6.07, 6.45) is 2.13. The van der Waals surface area contributed by atoms with E-state index in [0.717, 1.165) is 25.0 Å². The summed E-state index contributed by atoms with van der Waals surface area (Å²) in [5.41, 5.74) is 1.25. The molecule has 0 bridgehead atoms. The van der Waals surface area contributed by atoms with E-state index >= 15 is 0 Å². The van der Waals surface area contributed by atoms with Crippen molar-refractivity contribution < 1.29 is 14.2 Å². The Morgan fingerprint density at radius 2 is 2.17 bits per heavy atom. The zero-order valence-corrected chi connectivity index (χ0v) is 14.5. The minimum absolute atomic E-state index is 0.102. The molecule has 1 fully saturated rings. The van der Waals surface area contributed by atoms with Gasteiger partial charge in [0.05, 0.1) is 32.6 Å². The van der Waals surface area contributed by atoms with Crippen LogP contribution in [0.4, 0.5) is 0 Å². The maximum Gasteiger partial charge on any atom is 0.252 e. The molecule has 0 amide bonds. The first-order valence-electron chi connectivity index (χ1n) is 7.80. The third-order valence-corrected chi connectivity index (χ3v) is 4.45. The Morgan fingerprint density at radius 1 is 1.33 bits per heavy atom. The molecule has 0 spiro atoms. The van der Waals surface area contributed by atoms with Crippen LogP contribution in [-0.4, -0.2) is 36.5 Å². The zero-order chi connectivity index (χ0) is 17.1. The molecule has 1 aromatic carbocycles. The highest BCUT2D eigenvalue weighted by Gasteiger charge is 2.19. The lowest BCUT2D eigenvalue weighted by molar-refractivity contribution is 0.0966. The molecule has 1 saturated heterocycles. The van der Waals surface area contributed by atoms with Gasteiger partial charge in [-0.3, -0.25) is 9.78 Å². The highest BCUT2D eigenvalue weighted by atomic mass is 32.1. The predicted molar refractivity (Wildman–Crippen MR) is 93.4 cm³/mol. The fourth-order valence-electron chi connectivity index (χ4n) is 2.93. The van der Waals surface area contributed by atoms with Crippen molar-refractivity contribution in [2.75, 3.05) is 20.8 Å². The van der Waals surface area contributed by atoms with Crippen LogP contribution >= 0.6 is 12.2 Å². The highest BCUT2D eigenvalue weighted by Crippen LogP contribution is 2.33. The molecule has 2 aromatic rings. The molecule has 6 nitrogen and oxygen atoms in total. The minimum atomic E-state index is -0.239. The highest BCUT2D eigenvalue weighted by molar-refractivity contribution is 7.71. The Labute approximate surface area is 145 Å². The Kier molecular flexibility index (Phi) is 5.01. The van der Waals surface area contributed by atoms with Crippen molar-refractivity contribution in [2.45, 2.75) is 25.5 Å². The number of aromatic nitrogens is 2. The van der Waals surface area contributed by atoms with E-state index in [1.165, 1.54) is 6.07 Å². The molecule has 1 atom stereocenters. The van der Waals surface area contributed by atoms with Crippen molar-refractivity contribution in [3.05, 3.63) is 39.4 Å². The largest absolute Gasteiger partial charge is 0.497 e. The summed E-state index contributed by atoms with van der Waals surface area (Å²) < 4.78 is 18.7. The van der Waals surface area contributed by atoms with E-state index in [1.807, 2.05) is 16.7 Å². The second kappa shape index (κ2) is 7.19. The lowest BCUT2D eigenvalue weighted by Gasteiger charge is -2.19. The van der Waals surface area contributed by atoms with E-state index < -0.39 is 0 Å². The summed E-state index contributed by atoms with van der Waals surface area (Å²) in [6.45, 7) is 1.36. The Hall–Kier alpha value is -2.12. The standard InChI is InChI=1S/C17H20N2O4S/c1-21-11-5-6-13(15(8-11)22-2)14-9-16(20)18-17(24)19(14)10-12-4-3-7-23-12/h5-6,8-9,12H,3-4,7,10H2,1-2H3,(H,18,20,24)/t12-/m0/s1. The van der Waals surface area contributed by atoms with Crippen LogP contribution in [0, 0.1) is 4.77 Å². The molecule has 1 aromatic heterocycles. The van der Waals surface area contributed by atoms with E-state index in [1.54, 1.807) is 20.3 Å². The average molecular weight is 348 g/mol. The number of benzene rings is 1. The molecule has 0 radical (unpaired) electrons. The molecule has 2 heterocycles. The van der Waals surface area contributed by atoms with Crippen LogP contribution in [0.15, 0.2) is 29.1 Å². The first-order valence-corrected chi connectivity index (χ1v) is 8.21. The van der Waals surface area contributed by atoms with Gasteiger partial charge in [-0.1, -0.05) is 0 Å². The van der Waals surface area contributed by atoms with Crippen LogP contribution in [0.3, 0.4) is 0 Å². The lowest BCUT2D eigenvalue weighted by Crippen LogP contribution is -2.21. The van der Waals surface area contributed by atoms with Gasteiger partial charge in [0.25, 0.3) is 5.56 Å². The van der Waals surface area contributed by atoms with Crippen molar-refractivity contribution in [1.29, 1.82) is 0 Å². The molecule has 0 aliphatic carbocycles. The van der Waals surface area contributed by atoms with Crippen LogP contribution < -0.4 is 15.0 Å². The monoisotopic (exact) mass is 348 g/mol. The van der Waals surface area contributed by atoms with Gasteiger partial charge in [-0.2, -0.15) is 0 Å². The summed E-state index contributed by atoms with van der Waals surface area (Å²) in [5.74, 6) is 1.31. The van der Waals surface area contributed by atoms with Gasteiger partial charge in [0.15, 0.2) is 4.77 Å². The minimum Gasteiger partial charge on any atom is -0.497 e. The molecule has 7 heteroatoms. The number of nitrogens with one attached hydrogen (secondary N) is 1. The zero-order valence-electron chi connectivity index (χ0n) is 13.7. The fourth-order valence-corrected chi connectivity index (χ4v) is 3.20. The summed E-state index contributed by atoms with van der Waals surface area (Å²) in [5, 5.41) is 0. The second-order valence-corrected chi connectivity index (χ2v) is 6.02. The van der Waals surface area contributed by atoms with Crippen LogP contribution in [0.1, 0.15) is 12.8 Å². The molecule has 128 valence electrons. The second-order valence-electron chi connectivity index (χ2n) is 5.64. The lowest BCUT2D eigenvalue weighted by atomic mass is 10.1. The summed E-state index contributed by atoms with van der Waals surface area (Å²) in [6, 6.07) is 7.02. The van der Waals surface area contributed by atoms with Gasteiger partial charge in [-0.05, 0) is 37.2 Å². The SMILES string of the molecule is COc1ccc(-c2cc(=O)[nH]c(=S)n2C[C@@H]2CCCO2)c(OC)c1. The van der Waals surface area contributed by atoms with Gasteiger partial charge in [-0.25, -0.2) is 0 Å². The van der Waals surface area contributed by atoms with Crippen molar-refractivity contribution in [3.63, 3.8) is 0 Å². The average Bonchev–Trinajstić information content (AvgIpc) is 3.09. The van der Waals surface area contributed by atoms with E-state index in [2.05, 4.69) is 4.98 Å². The van der Waals surface area contributed by atoms with E-state index in [-0.39, 0.29) is 11.7 Å². The summed E-state index contributed by atoms with van der Waals surface area (Å²) in [7, 11) is 3.19. The van der Waals surface area contributed by atoms with Gasteiger partial charge in [0.1, 0.15) is 11.5 Å². The third kappa shape index (κ3) is 3.37. The number of nitrogens with zero attached hydrogens (tertiary/aromatic N) is 1. The molecule has 1 aliphatic rings. The first kappa shape index (κ1) is 16.7. The van der Waals surface area contributed by atoms with Crippen LogP contribution in [0.5, 0.6) is 11.5 Å². The van der Waals surface area contributed by atoms with Crippen LogP contribution in [0.25, 0.3) is 11.3 Å². The third-order valence-electron chi connectivity index (χ3n) is 4.13. The van der Waals surface area contributed by atoms with Crippen molar-refractivity contribution >= 4 is 12.2 Å². The Balaban J connectivity index is 2.12. The quantitative estimate of drug-likeness (QED) is 0.842. The number of hydrogen-bond donors (Lipinski definition) is 1. The molecular formula is C17H20N2O4S. The predicted octanol–water partition coefficient (Wildman–Crippen LogP) is 2.77. The fraction of sp³-hybridized carbons (Fsp3) is 0.412. The Morgan fingerprint density at radius 3 is 2.83 bits per heavy atom. The van der Waals surface area contributed by atoms with Crippen molar-refractivity contribution in [1.82, 2.24) is 9.55 Å². The van der Waals surface area contributed by atoms with Gasteiger partial charge in [0.2, 0.25) is 0 Å². The molecule has 1 aliphatic heterocycles. The Bertz CT molecular complexity index is 837. The summed E-state index contributed by atoms with van der Waals surface area (Å²) >= 11 is 5.38. The smallest absolute Gasteiger partial charge is 0.252 e. The number of H-pyrrole nitrogens is 1. The molecule has 0 saturated carbocycles. The van der Waals surface area contributed by atoms with Crippen molar-refractivity contribution in [2.24, 2.45) is 0 Å². The molecular weight excluding hydrogens is 328 g/mol. The van der Waals surface area contributed by atoms with Gasteiger partial charge in [-0.15, -0.1) is 0 Å². The van der Waals surface area contributed by atoms with Crippen molar-refractivity contribution in [3.8, 4) is 22.8 Å². The van der Waals surface area contributed by atoms with Crippen LogP contribution in [0.2, 0.25) is 0 Å². The van der Waals surface area contributed by atoms with E-state index in [4.69, 9.17) is 26.4 Å². The number of rotatable bonds is 5. The number of ether oxygens (including phenoxy) is 3. The van der Waals surface area contributed by atoms with Crippen LogP contribution in [-0.2, 0) is 11.3 Å². The molecule has 24 heavy (non-hydrogen) atoms. The molecule has 1 N–H and O–H groups in total. The maximum atomic E-state index is 12.0. The van der Waals surface area contributed by atoms with E-state index in [9.17, 15) is 4.79 Å². The number of methoxy groups -OCH3 is 2. The van der Waals surface area contributed by atoms with Gasteiger partial charge >= 0.3 is 0 Å². The van der Waals surface area contributed by atoms with Gasteiger partial charge in [0, 0.05) is 24.3 Å².